The van der Waals surface area contributed by atoms with Crippen molar-refractivity contribution in [3.8, 4) is 28.7 Å². The molecule has 4 aromatic carbocycles. The lowest BCUT2D eigenvalue weighted by Crippen LogP contribution is -2.54. The van der Waals surface area contributed by atoms with Crippen molar-refractivity contribution in [2.75, 3.05) is 18.4 Å². The Bertz CT molecular complexity index is 2400. The summed E-state index contributed by atoms with van der Waals surface area (Å²) in [6.07, 6.45) is 3.21. The second-order valence-electron chi connectivity index (χ2n) is 13.1. The van der Waals surface area contributed by atoms with Gasteiger partial charge in [0, 0.05) is 78.0 Å². The maximum Gasteiger partial charge on any atom is 0.264 e. The molecule has 4 amide bonds. The second-order valence-corrected chi connectivity index (χ2v) is 13.5. The molecule has 0 aliphatic carbocycles. The summed E-state index contributed by atoms with van der Waals surface area (Å²) in [5.41, 5.74) is 4.38. The van der Waals surface area contributed by atoms with Crippen molar-refractivity contribution in [1.82, 2.24) is 20.5 Å². The first-order chi connectivity index (χ1) is 27.2. The van der Waals surface area contributed by atoms with E-state index >= 15 is 0 Å². The number of carbonyl (C=O) groups is 4. The quantitative estimate of drug-likeness (QED) is 0.0879. The van der Waals surface area contributed by atoms with Crippen LogP contribution < -0.4 is 25.4 Å². The second kappa shape index (κ2) is 16.8. The van der Waals surface area contributed by atoms with Crippen LogP contribution in [-0.2, 0) is 29.3 Å². The first-order valence-corrected chi connectivity index (χ1v) is 18.1. The number of hydrogen-bond donors (Lipinski definition) is 3. The number of amides is 4. The van der Waals surface area contributed by atoms with E-state index in [2.05, 4.69) is 27.0 Å². The Kier molecular flexibility index (Phi) is 11.3. The molecule has 0 bridgehead atoms. The summed E-state index contributed by atoms with van der Waals surface area (Å²) < 4.78 is 26.9. The number of anilines is 1. The summed E-state index contributed by atoms with van der Waals surface area (Å²) in [7, 11) is 0. The molecule has 3 N–H and O–H groups in total. The van der Waals surface area contributed by atoms with Crippen molar-refractivity contribution in [3.63, 3.8) is 0 Å². The number of nitriles is 1. The molecule has 3 heterocycles. The van der Waals surface area contributed by atoms with Gasteiger partial charge in [-0.1, -0.05) is 60.1 Å². The maximum atomic E-state index is 14.6. The van der Waals surface area contributed by atoms with Crippen molar-refractivity contribution in [2.24, 2.45) is 0 Å². The van der Waals surface area contributed by atoms with Crippen LogP contribution in [-0.4, -0.2) is 52.6 Å². The van der Waals surface area contributed by atoms with Crippen LogP contribution in [0.25, 0.3) is 11.1 Å². The SMILES string of the molecule is N#Cc1cncc(COc2cc(OCc3cccc(-c4ccccc4F)c3Cl)ccc2CNCCNc2cccc3c2C(=O)N(C2CCC(=O)NC2=O)C3=O)c1. The summed E-state index contributed by atoms with van der Waals surface area (Å²) in [5, 5.41) is 18.5. The minimum Gasteiger partial charge on any atom is -0.489 e. The van der Waals surface area contributed by atoms with Crippen molar-refractivity contribution < 1.29 is 33.0 Å². The van der Waals surface area contributed by atoms with E-state index < -0.39 is 29.7 Å². The molecule has 7 rings (SSSR count). The molecule has 2 aliphatic heterocycles. The molecular formula is C42H34ClFN6O6. The molecule has 1 aromatic heterocycles. The predicted octanol–water partition coefficient (Wildman–Crippen LogP) is 6.17. The molecule has 14 heteroatoms. The fourth-order valence-electron chi connectivity index (χ4n) is 6.60. The van der Waals surface area contributed by atoms with Crippen LogP contribution in [0.15, 0.2) is 97.3 Å². The smallest absolute Gasteiger partial charge is 0.264 e. The molecule has 1 saturated heterocycles. The number of hydrogen-bond acceptors (Lipinski definition) is 10. The molecule has 1 unspecified atom stereocenters. The van der Waals surface area contributed by atoms with Gasteiger partial charge in [-0.15, -0.1) is 0 Å². The number of pyridine rings is 1. The fourth-order valence-corrected chi connectivity index (χ4v) is 6.89. The van der Waals surface area contributed by atoms with Gasteiger partial charge in [0.05, 0.1) is 21.7 Å². The summed E-state index contributed by atoms with van der Waals surface area (Å²) in [6, 6.07) is 24.9. The summed E-state index contributed by atoms with van der Waals surface area (Å²) in [5.74, 6) is -1.61. The first-order valence-electron chi connectivity index (χ1n) is 17.8. The standard InChI is InChI=1S/C42H34ClFN6O6/c43-39-28(5-3-7-31(39)30-6-1-2-9-33(30)44)24-55-29-12-11-27(36(18-29)56-23-26-17-25(19-45)20-47-21-26)22-46-15-16-48-34-10-4-8-32-38(34)42(54)50(41(32)53)35-13-14-37(51)49-40(35)52/h1-12,17-18,20-21,35,46,48H,13-16,22-24H2,(H,49,51,52). The van der Waals surface area contributed by atoms with Gasteiger partial charge in [-0.3, -0.25) is 34.4 Å². The van der Waals surface area contributed by atoms with Crippen LogP contribution in [0.4, 0.5) is 10.1 Å². The Labute approximate surface area is 326 Å². The molecule has 0 spiro atoms. The normalized spacial score (nSPS) is 14.9. The van der Waals surface area contributed by atoms with Gasteiger partial charge in [0.25, 0.3) is 11.8 Å². The zero-order chi connectivity index (χ0) is 39.2. The third-order valence-electron chi connectivity index (χ3n) is 9.39. The largest absolute Gasteiger partial charge is 0.489 e. The molecular weight excluding hydrogens is 739 g/mol. The number of nitrogens with zero attached hydrogens (tertiary/aromatic N) is 3. The molecule has 0 radical (unpaired) electrons. The number of aromatic nitrogens is 1. The van der Waals surface area contributed by atoms with Crippen LogP contribution in [0.1, 0.15) is 55.8 Å². The van der Waals surface area contributed by atoms with Crippen LogP contribution >= 0.6 is 11.6 Å². The van der Waals surface area contributed by atoms with E-state index in [0.717, 1.165) is 10.5 Å². The fraction of sp³-hybridized carbons (Fsp3) is 0.190. The van der Waals surface area contributed by atoms with E-state index in [-0.39, 0.29) is 43.0 Å². The molecule has 2 aliphatic rings. The van der Waals surface area contributed by atoms with Crippen molar-refractivity contribution in [3.05, 3.63) is 142 Å². The Balaban J connectivity index is 1.01. The summed E-state index contributed by atoms with van der Waals surface area (Å²) in [4.78, 5) is 55.8. The van der Waals surface area contributed by atoms with Crippen molar-refractivity contribution in [1.29, 1.82) is 5.26 Å². The minimum atomic E-state index is -1.05. The highest BCUT2D eigenvalue weighted by molar-refractivity contribution is 6.34. The molecule has 56 heavy (non-hydrogen) atoms. The molecule has 0 saturated carbocycles. The van der Waals surface area contributed by atoms with E-state index in [0.29, 0.717) is 69.7 Å². The van der Waals surface area contributed by atoms with E-state index in [9.17, 15) is 28.8 Å². The summed E-state index contributed by atoms with van der Waals surface area (Å²) >= 11 is 6.72. The highest BCUT2D eigenvalue weighted by Gasteiger charge is 2.45. The highest BCUT2D eigenvalue weighted by Crippen LogP contribution is 2.35. The van der Waals surface area contributed by atoms with Crippen LogP contribution in [0, 0.1) is 17.1 Å². The highest BCUT2D eigenvalue weighted by atomic mass is 35.5. The molecule has 5 aromatic rings. The molecule has 282 valence electrons. The Morgan fingerprint density at radius 1 is 0.875 bits per heavy atom. The number of piperidine rings is 1. The zero-order valence-electron chi connectivity index (χ0n) is 29.8. The number of benzene rings is 4. The van der Waals surface area contributed by atoms with E-state index in [1.807, 2.05) is 12.1 Å². The number of imide groups is 2. The van der Waals surface area contributed by atoms with Gasteiger partial charge in [0.1, 0.15) is 42.6 Å². The third kappa shape index (κ3) is 8.07. The van der Waals surface area contributed by atoms with Gasteiger partial charge in [-0.25, -0.2) is 4.39 Å². The zero-order valence-corrected chi connectivity index (χ0v) is 30.6. The average molecular weight is 773 g/mol. The van der Waals surface area contributed by atoms with Gasteiger partial charge < -0.3 is 20.1 Å². The van der Waals surface area contributed by atoms with Gasteiger partial charge in [-0.05, 0) is 36.8 Å². The van der Waals surface area contributed by atoms with Gasteiger partial charge >= 0.3 is 0 Å². The van der Waals surface area contributed by atoms with Gasteiger partial charge in [0.15, 0.2) is 0 Å². The number of ether oxygens (including phenoxy) is 2. The van der Waals surface area contributed by atoms with E-state index in [4.69, 9.17) is 21.1 Å². The Morgan fingerprint density at radius 3 is 2.50 bits per heavy atom. The average Bonchev–Trinajstić information content (AvgIpc) is 3.46. The lowest BCUT2D eigenvalue weighted by atomic mass is 10.0. The van der Waals surface area contributed by atoms with E-state index in [1.54, 1.807) is 72.9 Å². The topological polar surface area (TPSA) is 163 Å². The maximum absolute atomic E-state index is 14.6. The third-order valence-corrected chi connectivity index (χ3v) is 9.84. The number of carbonyl (C=O) groups excluding carboxylic acids is 4. The Morgan fingerprint density at radius 2 is 1.68 bits per heavy atom. The van der Waals surface area contributed by atoms with Crippen molar-refractivity contribution in [2.45, 2.75) is 38.6 Å². The molecule has 12 nitrogen and oxygen atoms in total. The monoisotopic (exact) mass is 772 g/mol. The minimum absolute atomic E-state index is 0.0381. The number of nitrogens with one attached hydrogen (secondary N) is 3. The number of fused-ring (bicyclic) bond motifs is 1. The van der Waals surface area contributed by atoms with Crippen LogP contribution in [0.3, 0.4) is 0 Å². The van der Waals surface area contributed by atoms with Crippen molar-refractivity contribution >= 4 is 40.9 Å². The van der Waals surface area contributed by atoms with Gasteiger partial charge in [0.2, 0.25) is 11.8 Å². The molecule has 1 atom stereocenters. The number of halogens is 2. The lowest BCUT2D eigenvalue weighted by Gasteiger charge is -2.27. The van der Waals surface area contributed by atoms with E-state index in [1.165, 1.54) is 12.3 Å². The van der Waals surface area contributed by atoms with Crippen LogP contribution in [0.5, 0.6) is 11.5 Å². The molecule has 1 fully saturated rings. The van der Waals surface area contributed by atoms with Gasteiger partial charge in [-0.2, -0.15) is 5.26 Å². The summed E-state index contributed by atoms with van der Waals surface area (Å²) in [6.45, 7) is 1.47. The first kappa shape index (κ1) is 37.7. The Hall–Kier alpha value is -6.62. The van der Waals surface area contributed by atoms with Crippen LogP contribution in [0.2, 0.25) is 5.02 Å². The number of rotatable bonds is 14. The lowest BCUT2D eigenvalue weighted by molar-refractivity contribution is -0.136. The predicted molar refractivity (Wildman–Crippen MR) is 204 cm³/mol.